The third-order valence-corrected chi connectivity index (χ3v) is 2.73. The van der Waals surface area contributed by atoms with Crippen LogP contribution in [0.3, 0.4) is 0 Å². The standard InChI is InChI=1S/C13H8FN3O3/c1-7-4-9(10(6-15)13(18)16-7)8-2-3-11(14)12(5-8)17(19)20/h2-5H,1H3,(H,16,18). The number of nitrogens with zero attached hydrogens (tertiary/aromatic N) is 2. The van der Waals surface area contributed by atoms with E-state index in [-0.39, 0.29) is 16.7 Å². The number of nitriles is 1. The van der Waals surface area contributed by atoms with Gasteiger partial charge in [0.1, 0.15) is 11.6 Å². The number of rotatable bonds is 2. The fourth-order valence-electron chi connectivity index (χ4n) is 1.85. The van der Waals surface area contributed by atoms with Gasteiger partial charge >= 0.3 is 5.69 Å². The second-order valence-corrected chi connectivity index (χ2v) is 4.11. The molecule has 0 aliphatic rings. The number of benzene rings is 1. The molecule has 0 spiro atoms. The van der Waals surface area contributed by atoms with E-state index in [4.69, 9.17) is 5.26 Å². The molecule has 1 aromatic carbocycles. The Labute approximate surface area is 112 Å². The van der Waals surface area contributed by atoms with Crippen molar-refractivity contribution in [3.63, 3.8) is 0 Å². The van der Waals surface area contributed by atoms with Crippen molar-refractivity contribution in [2.24, 2.45) is 0 Å². The summed E-state index contributed by atoms with van der Waals surface area (Å²) < 4.78 is 13.3. The Morgan fingerprint density at radius 3 is 2.70 bits per heavy atom. The summed E-state index contributed by atoms with van der Waals surface area (Å²) in [6.45, 7) is 1.62. The zero-order valence-electron chi connectivity index (χ0n) is 10.3. The van der Waals surface area contributed by atoms with Gasteiger partial charge in [-0.15, -0.1) is 0 Å². The molecule has 2 aromatic rings. The molecule has 1 heterocycles. The number of aryl methyl sites for hydroxylation is 1. The molecule has 0 saturated heterocycles. The van der Waals surface area contributed by atoms with Gasteiger partial charge in [0.25, 0.3) is 5.56 Å². The van der Waals surface area contributed by atoms with Gasteiger partial charge in [-0.05, 0) is 24.6 Å². The first-order chi connectivity index (χ1) is 9.43. The maximum absolute atomic E-state index is 13.3. The average molecular weight is 273 g/mol. The van der Waals surface area contributed by atoms with Gasteiger partial charge in [-0.1, -0.05) is 6.07 Å². The summed E-state index contributed by atoms with van der Waals surface area (Å²) in [6.07, 6.45) is 0. The van der Waals surface area contributed by atoms with Crippen LogP contribution in [-0.2, 0) is 0 Å². The minimum absolute atomic E-state index is 0.170. The SMILES string of the molecule is Cc1cc(-c2ccc(F)c([N+](=O)[O-])c2)c(C#N)c(=O)[nH]1. The molecule has 0 amide bonds. The highest BCUT2D eigenvalue weighted by Crippen LogP contribution is 2.27. The number of aromatic amines is 1. The molecule has 1 N–H and O–H groups in total. The Morgan fingerprint density at radius 2 is 2.10 bits per heavy atom. The van der Waals surface area contributed by atoms with E-state index in [0.29, 0.717) is 5.69 Å². The zero-order valence-corrected chi connectivity index (χ0v) is 10.3. The van der Waals surface area contributed by atoms with E-state index in [1.165, 1.54) is 12.1 Å². The Kier molecular flexibility index (Phi) is 3.31. The van der Waals surface area contributed by atoms with Crippen LogP contribution in [0.4, 0.5) is 10.1 Å². The number of H-pyrrole nitrogens is 1. The monoisotopic (exact) mass is 273 g/mol. The quantitative estimate of drug-likeness (QED) is 0.670. The van der Waals surface area contributed by atoms with Crippen LogP contribution < -0.4 is 5.56 Å². The second kappa shape index (κ2) is 4.93. The molecule has 0 unspecified atom stereocenters. The predicted octanol–water partition coefficient (Wildman–Crippen LogP) is 2.27. The topological polar surface area (TPSA) is 99.8 Å². The number of nitrogens with one attached hydrogen (secondary N) is 1. The van der Waals surface area contributed by atoms with Crippen LogP contribution in [0.15, 0.2) is 29.1 Å². The summed E-state index contributed by atoms with van der Waals surface area (Å²) in [5.74, 6) is -0.973. The smallest absolute Gasteiger partial charge is 0.305 e. The highest BCUT2D eigenvalue weighted by atomic mass is 19.1. The summed E-state index contributed by atoms with van der Waals surface area (Å²) in [5.41, 5.74) is -0.494. The lowest BCUT2D eigenvalue weighted by atomic mass is 10.0. The van der Waals surface area contributed by atoms with Crippen molar-refractivity contribution >= 4 is 5.69 Å². The maximum Gasteiger partial charge on any atom is 0.305 e. The van der Waals surface area contributed by atoms with Crippen LogP contribution in [0.1, 0.15) is 11.3 Å². The number of pyridine rings is 1. The van der Waals surface area contributed by atoms with E-state index >= 15 is 0 Å². The van der Waals surface area contributed by atoms with E-state index in [9.17, 15) is 19.3 Å². The van der Waals surface area contributed by atoms with Crippen molar-refractivity contribution in [1.82, 2.24) is 4.98 Å². The van der Waals surface area contributed by atoms with Crippen LogP contribution in [0, 0.1) is 34.2 Å². The summed E-state index contributed by atoms with van der Waals surface area (Å²) in [7, 11) is 0. The lowest BCUT2D eigenvalue weighted by molar-refractivity contribution is -0.387. The first-order valence-corrected chi connectivity index (χ1v) is 5.52. The largest absolute Gasteiger partial charge is 0.325 e. The van der Waals surface area contributed by atoms with Crippen molar-refractivity contribution in [3.8, 4) is 17.2 Å². The molecule has 0 saturated carbocycles. The van der Waals surface area contributed by atoms with E-state index in [2.05, 4.69) is 4.98 Å². The fourth-order valence-corrected chi connectivity index (χ4v) is 1.85. The van der Waals surface area contributed by atoms with Crippen LogP contribution in [0.5, 0.6) is 0 Å². The summed E-state index contributed by atoms with van der Waals surface area (Å²) in [5, 5.41) is 19.7. The molecule has 100 valence electrons. The lowest BCUT2D eigenvalue weighted by Gasteiger charge is -2.05. The van der Waals surface area contributed by atoms with E-state index in [0.717, 1.165) is 12.1 Å². The molecular weight excluding hydrogens is 265 g/mol. The van der Waals surface area contributed by atoms with Crippen LogP contribution in [0.2, 0.25) is 0 Å². The number of hydrogen-bond acceptors (Lipinski definition) is 4. The maximum atomic E-state index is 13.3. The Hall–Kier alpha value is -3.01. The van der Waals surface area contributed by atoms with Crippen LogP contribution in [-0.4, -0.2) is 9.91 Å². The first kappa shape index (κ1) is 13.4. The number of nitro benzene ring substituents is 1. The van der Waals surface area contributed by atoms with Crippen molar-refractivity contribution < 1.29 is 9.31 Å². The van der Waals surface area contributed by atoms with E-state index in [1.54, 1.807) is 13.0 Å². The van der Waals surface area contributed by atoms with Crippen LogP contribution in [0.25, 0.3) is 11.1 Å². The summed E-state index contributed by atoms with van der Waals surface area (Å²) >= 11 is 0. The van der Waals surface area contributed by atoms with Gasteiger partial charge in [0, 0.05) is 17.3 Å². The average Bonchev–Trinajstić information content (AvgIpc) is 2.38. The summed E-state index contributed by atoms with van der Waals surface area (Å²) in [6, 6.07) is 6.49. The van der Waals surface area contributed by atoms with E-state index < -0.39 is 22.0 Å². The van der Waals surface area contributed by atoms with Crippen molar-refractivity contribution in [2.75, 3.05) is 0 Å². The van der Waals surface area contributed by atoms with Crippen molar-refractivity contribution in [3.05, 3.63) is 61.8 Å². The zero-order chi connectivity index (χ0) is 14.9. The molecule has 0 radical (unpaired) electrons. The minimum atomic E-state index is -0.973. The number of halogens is 1. The highest BCUT2D eigenvalue weighted by molar-refractivity contribution is 5.72. The lowest BCUT2D eigenvalue weighted by Crippen LogP contribution is -2.12. The van der Waals surface area contributed by atoms with Gasteiger partial charge in [-0.2, -0.15) is 9.65 Å². The van der Waals surface area contributed by atoms with Gasteiger partial charge in [0.05, 0.1) is 4.92 Å². The highest BCUT2D eigenvalue weighted by Gasteiger charge is 2.17. The Morgan fingerprint density at radius 1 is 1.40 bits per heavy atom. The van der Waals surface area contributed by atoms with Gasteiger partial charge in [-0.3, -0.25) is 14.9 Å². The normalized spacial score (nSPS) is 10.1. The fraction of sp³-hybridized carbons (Fsp3) is 0.0769. The van der Waals surface area contributed by atoms with Gasteiger partial charge in [0.15, 0.2) is 0 Å². The molecule has 7 heteroatoms. The van der Waals surface area contributed by atoms with Crippen LogP contribution >= 0.6 is 0 Å². The van der Waals surface area contributed by atoms with E-state index in [1.807, 2.05) is 0 Å². The van der Waals surface area contributed by atoms with Crippen molar-refractivity contribution in [2.45, 2.75) is 6.92 Å². The Balaban J connectivity index is 2.76. The molecule has 0 aliphatic carbocycles. The molecule has 0 fully saturated rings. The molecule has 6 nitrogen and oxygen atoms in total. The third-order valence-electron chi connectivity index (χ3n) is 2.73. The molecular formula is C13H8FN3O3. The molecule has 20 heavy (non-hydrogen) atoms. The number of aromatic nitrogens is 1. The van der Waals surface area contributed by atoms with Gasteiger partial charge in [-0.25, -0.2) is 0 Å². The predicted molar refractivity (Wildman–Crippen MR) is 68.6 cm³/mol. The Bertz CT molecular complexity index is 805. The third kappa shape index (κ3) is 2.27. The molecule has 0 bridgehead atoms. The number of nitro groups is 1. The molecule has 1 aromatic heterocycles. The van der Waals surface area contributed by atoms with Gasteiger partial charge < -0.3 is 4.98 Å². The molecule has 0 atom stereocenters. The van der Waals surface area contributed by atoms with Crippen molar-refractivity contribution in [1.29, 1.82) is 5.26 Å². The van der Waals surface area contributed by atoms with Gasteiger partial charge in [0.2, 0.25) is 5.82 Å². The summed E-state index contributed by atoms with van der Waals surface area (Å²) in [4.78, 5) is 24.0. The molecule has 2 rings (SSSR count). The minimum Gasteiger partial charge on any atom is -0.325 e. The first-order valence-electron chi connectivity index (χ1n) is 5.52. The number of hydrogen-bond donors (Lipinski definition) is 1. The second-order valence-electron chi connectivity index (χ2n) is 4.11. The molecule has 0 aliphatic heterocycles.